The summed E-state index contributed by atoms with van der Waals surface area (Å²) in [6.45, 7) is 1.33. The maximum absolute atomic E-state index is 13.0. The predicted molar refractivity (Wildman–Crippen MR) is 85.4 cm³/mol. The van der Waals surface area contributed by atoms with Crippen LogP contribution in [0.4, 0.5) is 10.1 Å². The number of halogens is 2. The lowest BCUT2D eigenvalue weighted by atomic mass is 10.1. The first-order chi connectivity index (χ1) is 11.0. The van der Waals surface area contributed by atoms with Crippen LogP contribution in [0.1, 0.15) is 23.0 Å². The van der Waals surface area contributed by atoms with Gasteiger partial charge < -0.3 is 9.73 Å². The van der Waals surface area contributed by atoms with Gasteiger partial charge in [-0.25, -0.2) is 4.39 Å². The van der Waals surface area contributed by atoms with E-state index in [-0.39, 0.29) is 22.9 Å². The van der Waals surface area contributed by atoms with E-state index in [0.29, 0.717) is 16.0 Å². The normalized spacial score (nSPS) is 10.7. The van der Waals surface area contributed by atoms with Crippen molar-refractivity contribution in [2.45, 2.75) is 6.92 Å². The molecule has 0 fully saturated rings. The topological polar surface area (TPSA) is 59.3 Å². The monoisotopic (exact) mass is 331 g/mol. The summed E-state index contributed by atoms with van der Waals surface area (Å²) in [6.07, 6.45) is 0. The molecular formula is C17H11ClFNO3. The average Bonchev–Trinajstić information content (AvgIpc) is 2.85. The summed E-state index contributed by atoms with van der Waals surface area (Å²) in [4.78, 5) is 24.1. The van der Waals surface area contributed by atoms with E-state index in [1.807, 2.05) is 0 Å². The molecule has 1 amide bonds. The van der Waals surface area contributed by atoms with E-state index in [1.165, 1.54) is 31.2 Å². The zero-order valence-electron chi connectivity index (χ0n) is 12.0. The Morgan fingerprint density at radius 2 is 1.83 bits per heavy atom. The molecule has 0 bridgehead atoms. The zero-order valence-corrected chi connectivity index (χ0v) is 12.8. The van der Waals surface area contributed by atoms with E-state index in [4.69, 9.17) is 16.0 Å². The molecule has 0 radical (unpaired) electrons. The van der Waals surface area contributed by atoms with Gasteiger partial charge in [-0.15, -0.1) is 0 Å². The number of carbonyl (C=O) groups is 2. The summed E-state index contributed by atoms with van der Waals surface area (Å²) in [5.74, 6) is -1.27. The van der Waals surface area contributed by atoms with Crippen molar-refractivity contribution in [3.05, 3.63) is 64.6 Å². The Balaban J connectivity index is 2.17. The van der Waals surface area contributed by atoms with Crippen LogP contribution in [0.3, 0.4) is 0 Å². The maximum Gasteiger partial charge on any atom is 0.230 e. The van der Waals surface area contributed by atoms with Gasteiger partial charge >= 0.3 is 0 Å². The summed E-state index contributed by atoms with van der Waals surface area (Å²) in [7, 11) is 0. The third-order valence-electron chi connectivity index (χ3n) is 3.26. The van der Waals surface area contributed by atoms with Gasteiger partial charge in [0.15, 0.2) is 5.76 Å². The second-order valence-electron chi connectivity index (χ2n) is 4.96. The third-order valence-corrected chi connectivity index (χ3v) is 3.50. The van der Waals surface area contributed by atoms with Gasteiger partial charge in [-0.1, -0.05) is 11.6 Å². The largest absolute Gasteiger partial charge is 0.450 e. The molecule has 23 heavy (non-hydrogen) atoms. The summed E-state index contributed by atoms with van der Waals surface area (Å²) >= 11 is 5.97. The standard InChI is InChI=1S/C17H11ClFNO3/c1-9(21)20-15-13-8-11(18)4-7-14(13)23-17(15)16(22)10-2-5-12(19)6-3-10/h2-8H,1H3,(H,20,21). The number of carbonyl (C=O) groups excluding carboxylic acids is 2. The molecule has 0 saturated carbocycles. The Bertz CT molecular complexity index is 915. The van der Waals surface area contributed by atoms with Gasteiger partial charge in [-0.3, -0.25) is 9.59 Å². The Hall–Kier alpha value is -2.66. The number of hydrogen-bond acceptors (Lipinski definition) is 3. The van der Waals surface area contributed by atoms with Crippen molar-refractivity contribution in [2.24, 2.45) is 0 Å². The molecular weight excluding hydrogens is 321 g/mol. The minimum absolute atomic E-state index is 0.0240. The van der Waals surface area contributed by atoms with Gasteiger partial charge in [-0.2, -0.15) is 0 Å². The van der Waals surface area contributed by atoms with Crippen LogP contribution < -0.4 is 5.32 Å². The predicted octanol–water partition coefficient (Wildman–Crippen LogP) is 4.41. The van der Waals surface area contributed by atoms with Crippen LogP contribution in [0, 0.1) is 5.82 Å². The smallest absolute Gasteiger partial charge is 0.230 e. The molecule has 2 aromatic carbocycles. The molecule has 4 nitrogen and oxygen atoms in total. The van der Waals surface area contributed by atoms with Crippen molar-refractivity contribution >= 4 is 39.9 Å². The van der Waals surface area contributed by atoms with Crippen molar-refractivity contribution in [3.63, 3.8) is 0 Å². The van der Waals surface area contributed by atoms with Crippen LogP contribution in [0.5, 0.6) is 0 Å². The molecule has 0 saturated heterocycles. The van der Waals surface area contributed by atoms with Gasteiger partial charge in [0.05, 0.1) is 5.69 Å². The molecule has 0 spiro atoms. The first kappa shape index (κ1) is 15.2. The fraction of sp³-hybridized carbons (Fsp3) is 0.0588. The second-order valence-corrected chi connectivity index (χ2v) is 5.40. The van der Waals surface area contributed by atoms with Crippen molar-refractivity contribution in [3.8, 4) is 0 Å². The molecule has 0 aliphatic heterocycles. The van der Waals surface area contributed by atoms with Crippen LogP contribution in [-0.4, -0.2) is 11.7 Å². The van der Waals surface area contributed by atoms with Crippen molar-refractivity contribution in [2.75, 3.05) is 5.32 Å². The van der Waals surface area contributed by atoms with Crippen LogP contribution in [0.15, 0.2) is 46.9 Å². The molecule has 3 rings (SSSR count). The first-order valence-electron chi connectivity index (χ1n) is 6.75. The van der Waals surface area contributed by atoms with Crippen LogP contribution in [0.25, 0.3) is 11.0 Å². The highest BCUT2D eigenvalue weighted by atomic mass is 35.5. The summed E-state index contributed by atoms with van der Waals surface area (Å²) < 4.78 is 18.6. The number of amides is 1. The lowest BCUT2D eigenvalue weighted by molar-refractivity contribution is -0.114. The first-order valence-corrected chi connectivity index (χ1v) is 7.13. The highest BCUT2D eigenvalue weighted by Gasteiger charge is 2.23. The average molecular weight is 332 g/mol. The Morgan fingerprint density at radius 3 is 2.48 bits per heavy atom. The third kappa shape index (κ3) is 2.96. The summed E-state index contributed by atoms with van der Waals surface area (Å²) in [5.41, 5.74) is 0.927. The van der Waals surface area contributed by atoms with E-state index in [9.17, 15) is 14.0 Å². The van der Waals surface area contributed by atoms with Gasteiger partial charge in [0.2, 0.25) is 11.7 Å². The Kier molecular flexibility index (Phi) is 3.88. The molecule has 0 aliphatic rings. The number of nitrogens with one attached hydrogen (secondary N) is 1. The van der Waals surface area contributed by atoms with Crippen LogP contribution in [0.2, 0.25) is 5.02 Å². The molecule has 116 valence electrons. The second kappa shape index (κ2) is 5.85. The van der Waals surface area contributed by atoms with E-state index in [0.717, 1.165) is 0 Å². The molecule has 1 aromatic heterocycles. The van der Waals surface area contributed by atoms with E-state index >= 15 is 0 Å². The molecule has 6 heteroatoms. The number of rotatable bonds is 3. The summed E-state index contributed by atoms with van der Waals surface area (Å²) in [5, 5.41) is 3.58. The number of furan rings is 1. The number of ketones is 1. The molecule has 0 aliphatic carbocycles. The molecule has 0 unspecified atom stereocenters. The minimum atomic E-state index is -0.457. The lowest BCUT2D eigenvalue weighted by Crippen LogP contribution is -2.10. The van der Waals surface area contributed by atoms with Crippen molar-refractivity contribution < 1.29 is 18.4 Å². The van der Waals surface area contributed by atoms with E-state index in [1.54, 1.807) is 18.2 Å². The van der Waals surface area contributed by atoms with Gasteiger partial charge in [0.25, 0.3) is 0 Å². The number of benzene rings is 2. The Morgan fingerprint density at radius 1 is 1.13 bits per heavy atom. The van der Waals surface area contributed by atoms with E-state index in [2.05, 4.69) is 5.32 Å². The quantitative estimate of drug-likeness (QED) is 0.723. The van der Waals surface area contributed by atoms with Crippen molar-refractivity contribution in [1.29, 1.82) is 0 Å². The molecule has 1 heterocycles. The van der Waals surface area contributed by atoms with Crippen molar-refractivity contribution in [1.82, 2.24) is 0 Å². The van der Waals surface area contributed by atoms with Gasteiger partial charge in [-0.05, 0) is 42.5 Å². The van der Waals surface area contributed by atoms with Crippen LogP contribution in [-0.2, 0) is 4.79 Å². The summed E-state index contributed by atoms with van der Waals surface area (Å²) in [6, 6.07) is 9.93. The fourth-order valence-electron chi connectivity index (χ4n) is 2.26. The lowest BCUT2D eigenvalue weighted by Gasteiger charge is -2.03. The molecule has 3 aromatic rings. The van der Waals surface area contributed by atoms with Crippen LogP contribution >= 0.6 is 11.6 Å². The fourth-order valence-corrected chi connectivity index (χ4v) is 2.43. The zero-order chi connectivity index (χ0) is 16.6. The Labute approximate surface area is 135 Å². The minimum Gasteiger partial charge on any atom is -0.450 e. The number of fused-ring (bicyclic) bond motifs is 1. The highest BCUT2D eigenvalue weighted by molar-refractivity contribution is 6.31. The SMILES string of the molecule is CC(=O)Nc1c(C(=O)c2ccc(F)cc2)oc2ccc(Cl)cc12. The number of anilines is 1. The van der Waals surface area contributed by atoms with E-state index < -0.39 is 11.6 Å². The highest BCUT2D eigenvalue weighted by Crippen LogP contribution is 2.34. The maximum atomic E-state index is 13.0. The molecule has 0 atom stereocenters. The van der Waals surface area contributed by atoms with Gasteiger partial charge in [0.1, 0.15) is 11.4 Å². The molecule has 1 N–H and O–H groups in total. The van der Waals surface area contributed by atoms with Gasteiger partial charge in [0, 0.05) is 22.9 Å². The number of hydrogen-bond donors (Lipinski definition) is 1.